The summed E-state index contributed by atoms with van der Waals surface area (Å²) in [6.45, 7) is 0.290. The number of nitrogens with one attached hydrogen (secondary N) is 1. The topological polar surface area (TPSA) is 275 Å². The average molecular weight is 522 g/mol. The number of nitrogens with two attached hydrogens (primary N) is 2. The van der Waals surface area contributed by atoms with E-state index in [-0.39, 0.29) is 22.4 Å². The minimum atomic E-state index is -5.37. The Kier molecular flexibility index (Phi) is 7.16. The second kappa shape index (κ2) is 9.30. The normalized spacial score (nSPS) is 26.6. The maximum absolute atomic E-state index is 11.7. The van der Waals surface area contributed by atoms with E-state index in [2.05, 4.69) is 30.6 Å². The van der Waals surface area contributed by atoms with E-state index in [1.165, 1.54) is 17.7 Å². The van der Waals surface area contributed by atoms with Crippen molar-refractivity contribution in [3.8, 4) is 11.8 Å². The average Bonchev–Trinajstić information content (AvgIpc) is 3.19. The third kappa shape index (κ3) is 5.44. The van der Waals surface area contributed by atoms with E-state index in [0.29, 0.717) is 0 Å². The number of rotatable bonds is 6. The highest BCUT2D eigenvalue weighted by Gasteiger charge is 2.54. The first kappa shape index (κ1) is 26.2. The third-order valence-corrected chi connectivity index (χ3v) is 6.85. The number of fused-ring (bicyclic) bond motifs is 1. The highest BCUT2D eigenvalue weighted by atomic mass is 31.3. The summed E-state index contributed by atoms with van der Waals surface area (Å²) in [4.78, 5) is 46.1. The summed E-state index contributed by atoms with van der Waals surface area (Å²) in [6, 6.07) is 0. The van der Waals surface area contributed by atoms with Crippen LogP contribution in [0.2, 0.25) is 0 Å². The molecule has 5 atom stereocenters. The summed E-state index contributed by atoms with van der Waals surface area (Å²) in [5.41, 5.74) is 5.94. The van der Waals surface area contributed by atoms with Gasteiger partial charge < -0.3 is 39.9 Å². The molecule has 1 aliphatic rings. The molecule has 1 aliphatic heterocycles. The molecule has 17 nitrogen and oxygen atoms in total. The molecule has 1 fully saturated rings. The summed E-state index contributed by atoms with van der Waals surface area (Å²) >= 11 is 0. The van der Waals surface area contributed by atoms with Gasteiger partial charge in [-0.3, -0.25) is 14.7 Å². The standard InChI is InChI=1S/C15H20N6O11P2/c1-15(24)11(23)8(5-30-34(28,29)32-33(25,26)27)31-14(15)21-4-7(2-3-9(22)20-17)10-12(16)18-6-19-13(10)21/h4,6,8,11,14,23-24H,5,17H2,1H3,(H,20,22)(H,28,29)(H2,16,18,19)(H2,25,26,27)/t8-,11-,14-,15-/m1/s1. The number of ether oxygens (including phenoxy) is 1. The lowest BCUT2D eigenvalue weighted by molar-refractivity contribution is -0.115. The molecule has 3 heterocycles. The SMILES string of the molecule is C[C@@]1(O)[C@H](O)[C@@H](COP(=O)(O)OP(=O)(O)O)O[C@H]1n1cc(C#CC(=O)NN)c2c(N)ncnc21. The van der Waals surface area contributed by atoms with E-state index in [9.17, 15) is 29.0 Å². The molecule has 0 spiro atoms. The van der Waals surface area contributed by atoms with Gasteiger partial charge in [0.2, 0.25) is 0 Å². The minimum Gasteiger partial charge on any atom is -0.387 e. The Hall–Kier alpha value is -2.45. The number of phosphoric ester groups is 1. The van der Waals surface area contributed by atoms with Crippen LogP contribution in [0.1, 0.15) is 18.7 Å². The summed E-state index contributed by atoms with van der Waals surface area (Å²) in [6.07, 6.45) is -2.15. The number of phosphoric acid groups is 2. The summed E-state index contributed by atoms with van der Waals surface area (Å²) < 4.78 is 37.5. The lowest BCUT2D eigenvalue weighted by Gasteiger charge is -2.27. The van der Waals surface area contributed by atoms with Crippen molar-refractivity contribution in [1.29, 1.82) is 0 Å². The van der Waals surface area contributed by atoms with Crippen LogP contribution in [0.5, 0.6) is 0 Å². The molecule has 0 aromatic carbocycles. The molecule has 0 radical (unpaired) electrons. The van der Waals surface area contributed by atoms with Crippen LogP contribution in [0.15, 0.2) is 12.5 Å². The van der Waals surface area contributed by atoms with Crippen molar-refractivity contribution in [3.05, 3.63) is 18.1 Å². The van der Waals surface area contributed by atoms with Gasteiger partial charge >= 0.3 is 21.6 Å². The van der Waals surface area contributed by atoms with Gasteiger partial charge in [-0.05, 0) is 6.92 Å². The van der Waals surface area contributed by atoms with Crippen LogP contribution >= 0.6 is 15.6 Å². The predicted octanol–water partition coefficient (Wildman–Crippen LogP) is -2.41. The van der Waals surface area contributed by atoms with E-state index in [0.717, 1.165) is 6.33 Å². The van der Waals surface area contributed by atoms with Crippen molar-refractivity contribution in [3.63, 3.8) is 0 Å². The van der Waals surface area contributed by atoms with Gasteiger partial charge in [-0.15, -0.1) is 0 Å². The molecule has 2 aromatic rings. The van der Waals surface area contributed by atoms with Gasteiger partial charge in [0, 0.05) is 12.1 Å². The monoisotopic (exact) mass is 522 g/mol. The van der Waals surface area contributed by atoms with Crippen molar-refractivity contribution in [2.24, 2.45) is 5.84 Å². The Bertz CT molecular complexity index is 1260. The number of amides is 1. The van der Waals surface area contributed by atoms with Crippen molar-refractivity contribution in [2.75, 3.05) is 12.3 Å². The van der Waals surface area contributed by atoms with Crippen molar-refractivity contribution < 1.29 is 52.4 Å². The molecule has 34 heavy (non-hydrogen) atoms. The van der Waals surface area contributed by atoms with E-state index in [1.54, 1.807) is 0 Å². The fourth-order valence-corrected chi connectivity index (χ4v) is 4.84. The van der Waals surface area contributed by atoms with Crippen LogP contribution in [0.25, 0.3) is 11.0 Å². The molecule has 10 N–H and O–H groups in total. The van der Waals surface area contributed by atoms with Gasteiger partial charge in [0.15, 0.2) is 6.23 Å². The number of anilines is 1. The summed E-state index contributed by atoms with van der Waals surface area (Å²) in [5, 5.41) is 21.7. The highest BCUT2D eigenvalue weighted by Crippen LogP contribution is 2.58. The summed E-state index contributed by atoms with van der Waals surface area (Å²) in [7, 11) is -10.6. The zero-order valence-electron chi connectivity index (χ0n) is 17.2. The Morgan fingerprint density at radius 2 is 2.06 bits per heavy atom. The molecule has 0 aliphatic carbocycles. The lowest BCUT2D eigenvalue weighted by Crippen LogP contribution is -2.44. The fourth-order valence-electron chi connectivity index (χ4n) is 3.25. The maximum atomic E-state index is 11.7. The van der Waals surface area contributed by atoms with Crippen LogP contribution in [0, 0.1) is 11.8 Å². The second-order valence-electron chi connectivity index (χ2n) is 7.17. The van der Waals surface area contributed by atoms with Crippen molar-refractivity contribution >= 4 is 38.4 Å². The van der Waals surface area contributed by atoms with Crippen LogP contribution in [0.3, 0.4) is 0 Å². The number of hydrogen-bond donors (Lipinski definition) is 8. The van der Waals surface area contributed by atoms with Gasteiger partial charge in [0.05, 0.1) is 17.6 Å². The molecule has 1 unspecified atom stereocenters. The second-order valence-corrected chi connectivity index (χ2v) is 9.99. The van der Waals surface area contributed by atoms with Crippen LogP contribution < -0.4 is 17.0 Å². The molecule has 1 saturated heterocycles. The molecular formula is C15H20N6O11P2. The van der Waals surface area contributed by atoms with E-state index in [1.807, 2.05) is 5.43 Å². The zero-order valence-corrected chi connectivity index (χ0v) is 19.0. The van der Waals surface area contributed by atoms with E-state index < -0.39 is 52.2 Å². The van der Waals surface area contributed by atoms with Crippen LogP contribution in [-0.4, -0.2) is 69.8 Å². The van der Waals surface area contributed by atoms with Gasteiger partial charge in [-0.1, -0.05) is 5.92 Å². The number of hydrazine groups is 1. The number of hydrogen-bond acceptors (Lipinski definition) is 12. The number of nitrogen functional groups attached to an aromatic ring is 1. The molecular weight excluding hydrogens is 502 g/mol. The predicted molar refractivity (Wildman–Crippen MR) is 111 cm³/mol. The Balaban J connectivity index is 1.95. The Morgan fingerprint density at radius 3 is 2.68 bits per heavy atom. The number of nitrogens with zero attached hydrogens (tertiary/aromatic N) is 3. The lowest BCUT2D eigenvalue weighted by atomic mass is 9.96. The third-order valence-electron chi connectivity index (χ3n) is 4.70. The number of aromatic nitrogens is 3. The first-order chi connectivity index (χ1) is 15.7. The molecule has 0 bridgehead atoms. The fraction of sp³-hybridized carbons (Fsp3) is 0.400. The number of carbonyl (C=O) groups is 1. The number of carbonyl (C=O) groups excluding carboxylic acids is 1. The zero-order chi connectivity index (χ0) is 25.5. The number of aliphatic hydroxyl groups excluding tert-OH is 1. The van der Waals surface area contributed by atoms with Crippen molar-refractivity contribution in [1.82, 2.24) is 20.0 Å². The molecule has 19 heteroatoms. The number of aliphatic hydroxyl groups is 2. The van der Waals surface area contributed by atoms with Gasteiger partial charge in [0.25, 0.3) is 0 Å². The summed E-state index contributed by atoms with van der Waals surface area (Å²) in [5.74, 6) is 8.92. The molecule has 0 saturated carbocycles. The first-order valence-corrected chi connectivity index (χ1v) is 12.1. The molecule has 3 rings (SSSR count). The smallest absolute Gasteiger partial charge is 0.387 e. The minimum absolute atomic E-state index is 0.0184. The van der Waals surface area contributed by atoms with E-state index in [4.69, 9.17) is 26.1 Å². The van der Waals surface area contributed by atoms with Gasteiger partial charge in [0.1, 0.15) is 35.6 Å². The molecule has 2 aromatic heterocycles. The Labute approximate surface area is 190 Å². The van der Waals surface area contributed by atoms with Crippen molar-refractivity contribution in [2.45, 2.75) is 31.0 Å². The highest BCUT2D eigenvalue weighted by molar-refractivity contribution is 7.60. The van der Waals surface area contributed by atoms with Gasteiger partial charge in [-0.25, -0.2) is 24.9 Å². The van der Waals surface area contributed by atoms with Crippen LogP contribution in [0.4, 0.5) is 5.82 Å². The Morgan fingerprint density at radius 1 is 1.38 bits per heavy atom. The molecule has 1 amide bonds. The molecule has 186 valence electrons. The van der Waals surface area contributed by atoms with E-state index >= 15 is 0 Å². The van der Waals surface area contributed by atoms with Crippen LogP contribution in [-0.2, 0) is 27.5 Å². The quantitative estimate of drug-likeness (QED) is 0.0645. The largest absolute Gasteiger partial charge is 0.481 e. The first-order valence-electron chi connectivity index (χ1n) is 9.10. The van der Waals surface area contributed by atoms with Gasteiger partial charge in [-0.2, -0.15) is 4.31 Å². The maximum Gasteiger partial charge on any atom is 0.481 e.